The molecular formula is C17H18O4. The van der Waals surface area contributed by atoms with Crippen molar-refractivity contribution in [2.45, 2.75) is 19.8 Å². The maximum Gasteiger partial charge on any atom is 0.336 e. The van der Waals surface area contributed by atoms with Gasteiger partial charge in [0.05, 0.1) is 5.56 Å². The quantitative estimate of drug-likeness (QED) is 0.834. The molecule has 0 aliphatic carbocycles. The lowest BCUT2D eigenvalue weighted by atomic mass is 10.1. The lowest BCUT2D eigenvalue weighted by Gasteiger charge is -2.00. The van der Waals surface area contributed by atoms with Gasteiger partial charge in [-0.3, -0.25) is 0 Å². The van der Waals surface area contributed by atoms with E-state index in [1.54, 1.807) is 18.2 Å². The van der Waals surface area contributed by atoms with E-state index in [4.69, 9.17) is 10.2 Å². The largest absolute Gasteiger partial charge is 0.478 e. The first-order valence-corrected chi connectivity index (χ1v) is 6.66. The highest BCUT2D eigenvalue weighted by Gasteiger charge is 2.05. The Kier molecular flexibility index (Phi) is 6.68. The van der Waals surface area contributed by atoms with Gasteiger partial charge in [0.2, 0.25) is 0 Å². The first-order valence-electron chi connectivity index (χ1n) is 6.66. The minimum atomic E-state index is -0.878. The fourth-order valence-electron chi connectivity index (χ4n) is 1.76. The molecule has 0 unspecified atom stereocenters. The number of hydrogen-bond acceptors (Lipinski definition) is 2. The third kappa shape index (κ3) is 5.48. The summed E-state index contributed by atoms with van der Waals surface area (Å²) in [6, 6.07) is 12.7. The van der Waals surface area contributed by atoms with Gasteiger partial charge in [-0.25, -0.2) is 9.59 Å². The molecule has 0 aliphatic heterocycles. The number of carboxylic acid groups (broad SMARTS) is 2. The fraction of sp³-hybridized carbons (Fsp3) is 0.176. The standard InChI is InChI=1S/C11H8O2.C6H10O2/c12-11(13)10-7-3-5-8-4-1-2-6-9(8)10;1-2-3-4-5-6(7)8/h1-7H,(H,12,13);4-5H,2-3H2,1H3,(H,7,8). The van der Waals surface area contributed by atoms with Gasteiger partial charge >= 0.3 is 11.9 Å². The molecule has 2 aromatic carbocycles. The van der Waals surface area contributed by atoms with Gasteiger partial charge < -0.3 is 10.2 Å². The summed E-state index contributed by atoms with van der Waals surface area (Å²) in [5.41, 5.74) is 0.359. The fourth-order valence-corrected chi connectivity index (χ4v) is 1.76. The van der Waals surface area contributed by atoms with Crippen LogP contribution in [-0.2, 0) is 4.79 Å². The van der Waals surface area contributed by atoms with Crippen molar-refractivity contribution >= 4 is 22.7 Å². The number of carbonyl (C=O) groups is 2. The molecule has 0 aliphatic rings. The van der Waals surface area contributed by atoms with Crippen molar-refractivity contribution in [2.75, 3.05) is 0 Å². The number of aliphatic carboxylic acids is 1. The van der Waals surface area contributed by atoms with Crippen LogP contribution in [0.3, 0.4) is 0 Å². The summed E-state index contributed by atoms with van der Waals surface area (Å²) in [4.78, 5) is 20.6. The predicted molar refractivity (Wildman–Crippen MR) is 82.6 cm³/mol. The molecule has 0 bridgehead atoms. The number of unbranched alkanes of at least 4 members (excludes halogenated alkanes) is 1. The van der Waals surface area contributed by atoms with E-state index < -0.39 is 11.9 Å². The Labute approximate surface area is 123 Å². The maximum atomic E-state index is 10.8. The Morgan fingerprint density at radius 3 is 2.33 bits per heavy atom. The molecule has 0 spiro atoms. The maximum absolute atomic E-state index is 10.8. The monoisotopic (exact) mass is 286 g/mol. The number of allylic oxidation sites excluding steroid dienone is 1. The highest BCUT2D eigenvalue weighted by atomic mass is 16.4. The topological polar surface area (TPSA) is 74.6 Å². The Balaban J connectivity index is 0.000000240. The molecule has 0 saturated heterocycles. The molecule has 0 radical (unpaired) electrons. The number of fused-ring (bicyclic) bond motifs is 1. The Morgan fingerprint density at radius 2 is 1.71 bits per heavy atom. The van der Waals surface area contributed by atoms with Crippen molar-refractivity contribution in [2.24, 2.45) is 0 Å². The van der Waals surface area contributed by atoms with Crippen molar-refractivity contribution in [3.63, 3.8) is 0 Å². The third-order valence-electron chi connectivity index (χ3n) is 2.74. The van der Waals surface area contributed by atoms with Gasteiger partial charge in [-0.1, -0.05) is 55.8 Å². The number of carboxylic acids is 2. The van der Waals surface area contributed by atoms with E-state index in [2.05, 4.69) is 0 Å². The number of benzene rings is 2. The second-order valence-electron chi connectivity index (χ2n) is 4.36. The van der Waals surface area contributed by atoms with Crippen molar-refractivity contribution in [3.05, 3.63) is 60.2 Å². The molecule has 2 rings (SSSR count). The van der Waals surface area contributed by atoms with Crippen LogP contribution >= 0.6 is 0 Å². The van der Waals surface area contributed by atoms with Crippen molar-refractivity contribution in [1.82, 2.24) is 0 Å². The van der Waals surface area contributed by atoms with Gasteiger partial charge in [-0.2, -0.15) is 0 Å². The molecule has 2 N–H and O–H groups in total. The van der Waals surface area contributed by atoms with E-state index in [0.717, 1.165) is 23.6 Å². The highest BCUT2D eigenvalue weighted by Crippen LogP contribution is 2.17. The van der Waals surface area contributed by atoms with E-state index in [9.17, 15) is 9.59 Å². The first kappa shape index (κ1) is 16.4. The summed E-state index contributed by atoms with van der Waals surface area (Å²) in [6.45, 7) is 2.01. The summed E-state index contributed by atoms with van der Waals surface area (Å²) in [6.07, 6.45) is 4.68. The molecule has 0 amide bonds. The molecule has 21 heavy (non-hydrogen) atoms. The van der Waals surface area contributed by atoms with Crippen LogP contribution < -0.4 is 0 Å². The average Bonchev–Trinajstić information content (AvgIpc) is 2.47. The van der Waals surface area contributed by atoms with Crippen molar-refractivity contribution in [1.29, 1.82) is 0 Å². The Morgan fingerprint density at radius 1 is 1.05 bits per heavy atom. The van der Waals surface area contributed by atoms with Gasteiger partial charge in [-0.15, -0.1) is 0 Å². The highest BCUT2D eigenvalue weighted by molar-refractivity contribution is 6.03. The molecule has 2 aromatic rings. The lowest BCUT2D eigenvalue weighted by molar-refractivity contribution is -0.131. The van der Waals surface area contributed by atoms with E-state index in [0.29, 0.717) is 5.56 Å². The summed E-state index contributed by atoms with van der Waals surface area (Å²) >= 11 is 0. The summed E-state index contributed by atoms with van der Waals surface area (Å²) < 4.78 is 0. The van der Waals surface area contributed by atoms with E-state index in [-0.39, 0.29) is 0 Å². The van der Waals surface area contributed by atoms with Crippen LogP contribution in [-0.4, -0.2) is 22.2 Å². The van der Waals surface area contributed by atoms with Gasteiger partial charge in [0.1, 0.15) is 0 Å². The zero-order valence-electron chi connectivity index (χ0n) is 11.8. The predicted octanol–water partition coefficient (Wildman–Crippen LogP) is 3.97. The smallest absolute Gasteiger partial charge is 0.336 e. The van der Waals surface area contributed by atoms with Crippen LogP contribution in [0, 0.1) is 0 Å². The van der Waals surface area contributed by atoms with Gasteiger partial charge in [0, 0.05) is 6.08 Å². The minimum Gasteiger partial charge on any atom is -0.478 e. The van der Waals surface area contributed by atoms with Crippen molar-refractivity contribution in [3.8, 4) is 0 Å². The molecule has 4 nitrogen and oxygen atoms in total. The number of aromatic carboxylic acids is 1. The third-order valence-corrected chi connectivity index (χ3v) is 2.74. The molecule has 0 aromatic heterocycles. The second kappa shape index (κ2) is 8.53. The van der Waals surface area contributed by atoms with E-state index in [1.807, 2.05) is 37.3 Å². The average molecular weight is 286 g/mol. The Hall–Kier alpha value is -2.62. The lowest BCUT2D eigenvalue weighted by Crippen LogP contribution is -1.96. The van der Waals surface area contributed by atoms with Crippen LogP contribution in [0.2, 0.25) is 0 Å². The molecule has 0 saturated carbocycles. The number of rotatable bonds is 4. The number of hydrogen-bond donors (Lipinski definition) is 2. The van der Waals surface area contributed by atoms with E-state index in [1.165, 1.54) is 6.08 Å². The van der Waals surface area contributed by atoms with Crippen molar-refractivity contribution < 1.29 is 19.8 Å². The summed E-state index contributed by atoms with van der Waals surface area (Å²) in [5, 5.41) is 18.7. The molecule has 0 fully saturated rings. The van der Waals surface area contributed by atoms with Gasteiger partial charge in [-0.05, 0) is 23.3 Å². The second-order valence-corrected chi connectivity index (χ2v) is 4.36. The van der Waals surface area contributed by atoms with Crippen LogP contribution in [0.15, 0.2) is 54.6 Å². The minimum absolute atomic E-state index is 0.359. The van der Waals surface area contributed by atoms with Crippen LogP contribution in [0.5, 0.6) is 0 Å². The van der Waals surface area contributed by atoms with Gasteiger partial charge in [0.25, 0.3) is 0 Å². The van der Waals surface area contributed by atoms with Gasteiger partial charge in [0.15, 0.2) is 0 Å². The summed E-state index contributed by atoms with van der Waals surface area (Å²) in [5.74, 6) is -1.74. The molecule has 0 heterocycles. The Bertz CT molecular complexity index is 639. The summed E-state index contributed by atoms with van der Waals surface area (Å²) in [7, 11) is 0. The molecule has 110 valence electrons. The SMILES string of the molecule is CCCC=CC(=O)O.O=C(O)c1cccc2ccccc12. The zero-order chi connectivity index (χ0) is 15.7. The van der Waals surface area contributed by atoms with Crippen LogP contribution in [0.25, 0.3) is 10.8 Å². The molecule has 0 atom stereocenters. The molecule has 4 heteroatoms. The molecular weight excluding hydrogens is 268 g/mol. The normalized spacial score (nSPS) is 10.1. The first-order chi connectivity index (χ1) is 10.1. The van der Waals surface area contributed by atoms with Crippen LogP contribution in [0.1, 0.15) is 30.1 Å². The van der Waals surface area contributed by atoms with Crippen LogP contribution in [0.4, 0.5) is 0 Å². The zero-order valence-corrected chi connectivity index (χ0v) is 11.8. The van der Waals surface area contributed by atoms with E-state index >= 15 is 0 Å².